The minimum atomic E-state index is -1.14. The van der Waals surface area contributed by atoms with Gasteiger partial charge in [-0.1, -0.05) is 0 Å². The average Bonchev–Trinajstić information content (AvgIpc) is 2.84. The normalized spacial score (nSPS) is 10.9. The topological polar surface area (TPSA) is 63.3 Å². The van der Waals surface area contributed by atoms with Crippen LogP contribution in [-0.4, -0.2) is 16.1 Å². The zero-order chi connectivity index (χ0) is 14.3. The largest absolute Gasteiger partial charge is 0.478 e. The van der Waals surface area contributed by atoms with Gasteiger partial charge in [0.1, 0.15) is 11.5 Å². The Morgan fingerprint density at radius 2 is 2.05 bits per heavy atom. The molecule has 6 heteroatoms. The van der Waals surface area contributed by atoms with Crippen LogP contribution >= 0.6 is 15.9 Å². The van der Waals surface area contributed by atoms with Crippen LogP contribution in [0, 0.1) is 5.82 Å². The van der Waals surface area contributed by atoms with Crippen molar-refractivity contribution in [3.05, 3.63) is 52.4 Å². The van der Waals surface area contributed by atoms with E-state index in [9.17, 15) is 14.3 Å². The average molecular weight is 336 g/mol. The fraction of sp³-hybridized carbons (Fsp3) is 0. The quantitative estimate of drug-likeness (QED) is 0.765. The van der Waals surface area contributed by atoms with Gasteiger partial charge in [0.25, 0.3) is 0 Å². The van der Waals surface area contributed by atoms with E-state index < -0.39 is 11.8 Å². The molecule has 0 amide bonds. The number of hydrogen-bond donors (Lipinski definition) is 1. The lowest BCUT2D eigenvalue weighted by Crippen LogP contribution is -2.00. The van der Waals surface area contributed by atoms with Gasteiger partial charge >= 0.3 is 5.97 Å². The van der Waals surface area contributed by atoms with E-state index in [2.05, 4.69) is 20.9 Å². The highest BCUT2D eigenvalue weighted by Gasteiger charge is 2.15. The molecule has 4 nitrogen and oxygen atoms in total. The van der Waals surface area contributed by atoms with Crippen LogP contribution in [0.2, 0.25) is 0 Å². The van der Waals surface area contributed by atoms with Gasteiger partial charge in [0.05, 0.1) is 11.1 Å². The Hall–Kier alpha value is -2.21. The van der Waals surface area contributed by atoms with Crippen molar-refractivity contribution < 1.29 is 18.7 Å². The molecule has 0 spiro atoms. The number of rotatable bonds is 2. The molecule has 0 atom stereocenters. The summed E-state index contributed by atoms with van der Waals surface area (Å²) in [5.74, 6) is -1.21. The van der Waals surface area contributed by atoms with Crippen LogP contribution < -0.4 is 0 Å². The molecule has 2 heterocycles. The van der Waals surface area contributed by atoms with Crippen LogP contribution in [0.15, 0.2) is 45.5 Å². The number of aromatic carboxylic acids is 1. The summed E-state index contributed by atoms with van der Waals surface area (Å²) in [6.45, 7) is 0. The Balaban J connectivity index is 2.31. The maximum absolute atomic E-state index is 13.3. The number of halogens is 2. The summed E-state index contributed by atoms with van der Waals surface area (Å²) in [6, 6.07) is 8.57. The van der Waals surface area contributed by atoms with Gasteiger partial charge in [-0.2, -0.15) is 0 Å². The molecule has 0 radical (unpaired) electrons. The van der Waals surface area contributed by atoms with Gasteiger partial charge in [-0.15, -0.1) is 0 Å². The number of nitrogens with zero attached hydrogens (tertiary/aromatic N) is 1. The molecule has 0 fully saturated rings. The van der Waals surface area contributed by atoms with E-state index in [4.69, 9.17) is 4.42 Å². The van der Waals surface area contributed by atoms with Crippen LogP contribution in [0.1, 0.15) is 10.4 Å². The maximum atomic E-state index is 13.3. The summed E-state index contributed by atoms with van der Waals surface area (Å²) in [5, 5.41) is 9.52. The van der Waals surface area contributed by atoms with Crippen molar-refractivity contribution in [1.29, 1.82) is 0 Å². The van der Waals surface area contributed by atoms with E-state index >= 15 is 0 Å². The number of carboxylic acids is 1. The third-order valence-corrected chi connectivity index (χ3v) is 3.25. The number of aromatic nitrogens is 1. The van der Waals surface area contributed by atoms with Crippen molar-refractivity contribution in [2.75, 3.05) is 0 Å². The molecule has 0 aliphatic heterocycles. The Bertz CT molecular complexity index is 828. The number of furan rings is 1. The van der Waals surface area contributed by atoms with Gasteiger partial charge in [-0.25, -0.2) is 14.2 Å². The summed E-state index contributed by atoms with van der Waals surface area (Å²) in [4.78, 5) is 15.6. The number of carboxylic acid groups (broad SMARTS) is 1. The van der Waals surface area contributed by atoms with Gasteiger partial charge < -0.3 is 9.52 Å². The van der Waals surface area contributed by atoms with E-state index in [-0.39, 0.29) is 10.9 Å². The molecule has 1 aromatic carbocycles. The van der Waals surface area contributed by atoms with Crippen molar-refractivity contribution >= 4 is 32.8 Å². The molecule has 0 unspecified atom stereocenters. The smallest absolute Gasteiger partial charge is 0.336 e. The molecule has 100 valence electrons. The third kappa shape index (κ3) is 2.18. The Morgan fingerprint density at radius 1 is 1.25 bits per heavy atom. The van der Waals surface area contributed by atoms with Crippen LogP contribution in [0.5, 0.6) is 0 Å². The molecule has 3 aromatic rings. The molecule has 2 aromatic heterocycles. The number of fused-ring (bicyclic) bond motifs is 1. The predicted molar refractivity (Wildman–Crippen MR) is 74.1 cm³/mol. The van der Waals surface area contributed by atoms with Crippen molar-refractivity contribution in [3.63, 3.8) is 0 Å². The second kappa shape index (κ2) is 4.72. The number of benzene rings is 1. The van der Waals surface area contributed by atoms with Crippen molar-refractivity contribution in [3.8, 4) is 11.5 Å². The van der Waals surface area contributed by atoms with Crippen molar-refractivity contribution in [1.82, 2.24) is 4.98 Å². The van der Waals surface area contributed by atoms with Crippen LogP contribution in [0.3, 0.4) is 0 Å². The summed E-state index contributed by atoms with van der Waals surface area (Å²) < 4.78 is 19.1. The van der Waals surface area contributed by atoms with Crippen LogP contribution in [0.25, 0.3) is 22.4 Å². The summed E-state index contributed by atoms with van der Waals surface area (Å²) in [5.41, 5.74) is 0.762. The van der Waals surface area contributed by atoms with Crippen molar-refractivity contribution in [2.24, 2.45) is 0 Å². The first kappa shape index (κ1) is 12.8. The third-order valence-electron chi connectivity index (χ3n) is 2.83. The molecular weight excluding hydrogens is 329 g/mol. The monoisotopic (exact) mass is 335 g/mol. The first-order valence-electron chi connectivity index (χ1n) is 5.64. The van der Waals surface area contributed by atoms with Crippen LogP contribution in [0.4, 0.5) is 4.39 Å². The number of pyridine rings is 1. The van der Waals surface area contributed by atoms with Crippen molar-refractivity contribution in [2.45, 2.75) is 0 Å². The van der Waals surface area contributed by atoms with Gasteiger partial charge in [0.2, 0.25) is 0 Å². The van der Waals surface area contributed by atoms with E-state index in [0.29, 0.717) is 21.6 Å². The Morgan fingerprint density at radius 3 is 2.70 bits per heavy atom. The fourth-order valence-corrected chi connectivity index (χ4v) is 2.26. The lowest BCUT2D eigenvalue weighted by atomic mass is 10.1. The number of hydrogen-bond acceptors (Lipinski definition) is 3. The minimum Gasteiger partial charge on any atom is -0.478 e. The van der Waals surface area contributed by atoms with E-state index in [1.54, 1.807) is 12.1 Å². The lowest BCUT2D eigenvalue weighted by molar-refractivity contribution is 0.0699. The molecule has 0 aliphatic carbocycles. The lowest BCUT2D eigenvalue weighted by Gasteiger charge is -2.05. The van der Waals surface area contributed by atoms with Gasteiger partial charge in [-0.05, 0) is 52.3 Å². The molecule has 1 N–H and O–H groups in total. The molecule has 3 rings (SSSR count). The number of carbonyl (C=O) groups is 1. The molecule has 0 bridgehead atoms. The Kier molecular flexibility index (Phi) is 3.02. The zero-order valence-corrected chi connectivity index (χ0v) is 11.5. The fourth-order valence-electron chi connectivity index (χ4n) is 1.95. The van der Waals surface area contributed by atoms with Gasteiger partial charge in [0, 0.05) is 5.39 Å². The summed E-state index contributed by atoms with van der Waals surface area (Å²) >= 11 is 3.18. The molecule has 0 saturated heterocycles. The Labute approximate surface area is 121 Å². The summed E-state index contributed by atoms with van der Waals surface area (Å²) in [6.07, 6.45) is 0. The van der Waals surface area contributed by atoms with Gasteiger partial charge in [0.15, 0.2) is 10.4 Å². The second-order valence-electron chi connectivity index (χ2n) is 4.13. The second-order valence-corrected chi connectivity index (χ2v) is 4.91. The highest BCUT2D eigenvalue weighted by molar-refractivity contribution is 9.10. The molecule has 20 heavy (non-hydrogen) atoms. The van der Waals surface area contributed by atoms with Gasteiger partial charge in [-0.3, -0.25) is 0 Å². The molecule has 0 aliphatic rings. The predicted octanol–water partition coefficient (Wildman–Crippen LogP) is 4.09. The standard InChI is InChI=1S/C14H7BrFNO3/c15-13-4-3-12(20-13)11-6-9(14(18)19)8-5-7(16)1-2-10(8)17-11/h1-6H,(H,18,19). The first-order chi connectivity index (χ1) is 9.54. The molecular formula is C14H7BrFNO3. The van der Waals surface area contributed by atoms with E-state index in [0.717, 1.165) is 6.07 Å². The summed E-state index contributed by atoms with van der Waals surface area (Å²) in [7, 11) is 0. The highest BCUT2D eigenvalue weighted by atomic mass is 79.9. The maximum Gasteiger partial charge on any atom is 0.336 e. The minimum absolute atomic E-state index is 0.0166. The zero-order valence-electron chi connectivity index (χ0n) is 9.93. The SMILES string of the molecule is O=C(O)c1cc(-c2ccc(Br)o2)nc2ccc(F)cc12. The molecule has 0 saturated carbocycles. The first-order valence-corrected chi connectivity index (χ1v) is 6.43. The van der Waals surface area contributed by atoms with E-state index in [1.165, 1.54) is 18.2 Å². The van der Waals surface area contributed by atoms with Crippen LogP contribution in [-0.2, 0) is 0 Å². The highest BCUT2D eigenvalue weighted by Crippen LogP contribution is 2.28. The van der Waals surface area contributed by atoms with E-state index in [1.807, 2.05) is 0 Å².